The molecule has 4 rings (SSSR count). The average Bonchev–Trinajstić information content (AvgIpc) is 2.92. The molecule has 0 N–H and O–H groups in total. The van der Waals surface area contributed by atoms with E-state index in [1.165, 1.54) is 18.9 Å². The summed E-state index contributed by atoms with van der Waals surface area (Å²) >= 11 is 0. The lowest BCUT2D eigenvalue weighted by molar-refractivity contribution is -0.148. The van der Waals surface area contributed by atoms with E-state index in [1.807, 2.05) is 0 Å². The number of Topliss-reactive ketones (excluding diaryl/α,β-unsaturated/α-hetero) is 1. The Balaban J connectivity index is 1.60. The second-order valence-electron chi connectivity index (χ2n) is 9.67. The minimum Gasteiger partial charge on any atom is -0.462 e. The lowest BCUT2D eigenvalue weighted by Gasteiger charge is -2.57. The van der Waals surface area contributed by atoms with Gasteiger partial charge >= 0.3 is 5.97 Å². The summed E-state index contributed by atoms with van der Waals surface area (Å²) in [6.45, 7) is 8.06. The van der Waals surface area contributed by atoms with Gasteiger partial charge in [0.1, 0.15) is 11.9 Å². The summed E-state index contributed by atoms with van der Waals surface area (Å²) in [7, 11) is 0. The van der Waals surface area contributed by atoms with Crippen molar-refractivity contribution < 1.29 is 14.3 Å². The Kier molecular flexibility index (Phi) is 4.20. The molecule has 7 atom stereocenters. The number of ether oxygens (including phenoxy) is 1. The van der Waals surface area contributed by atoms with E-state index in [9.17, 15) is 9.59 Å². The molecular formula is C23H32O3. The fourth-order valence-corrected chi connectivity index (χ4v) is 7.02. The molecule has 2 saturated carbocycles. The zero-order valence-corrected chi connectivity index (χ0v) is 16.6. The molecule has 0 spiro atoms. The second kappa shape index (κ2) is 6.07. The molecule has 2 fully saturated rings. The minimum atomic E-state index is -0.160. The highest BCUT2D eigenvalue weighted by atomic mass is 16.5. The van der Waals surface area contributed by atoms with Gasteiger partial charge in [0, 0.05) is 19.3 Å². The van der Waals surface area contributed by atoms with Crippen LogP contribution in [-0.2, 0) is 14.3 Å². The third kappa shape index (κ3) is 2.53. The Bertz CT molecular complexity index is 690. The molecule has 0 aromatic carbocycles. The van der Waals surface area contributed by atoms with Gasteiger partial charge in [0.15, 0.2) is 0 Å². The van der Waals surface area contributed by atoms with Gasteiger partial charge in [0.2, 0.25) is 0 Å². The number of allylic oxidation sites excluding steroid dienone is 3. The molecule has 0 aromatic rings. The molecule has 26 heavy (non-hydrogen) atoms. The predicted octanol–water partition coefficient (Wildman–Crippen LogP) is 4.86. The number of esters is 1. The second-order valence-corrected chi connectivity index (χ2v) is 9.67. The molecule has 0 saturated heterocycles. The molecule has 0 radical (unpaired) electrons. The van der Waals surface area contributed by atoms with Crippen LogP contribution >= 0.6 is 0 Å². The molecule has 0 heterocycles. The first-order valence-corrected chi connectivity index (χ1v) is 10.3. The van der Waals surface area contributed by atoms with E-state index < -0.39 is 0 Å². The fourth-order valence-electron chi connectivity index (χ4n) is 7.02. The predicted molar refractivity (Wildman–Crippen MR) is 101 cm³/mol. The molecule has 142 valence electrons. The number of hydrogen-bond acceptors (Lipinski definition) is 3. The van der Waals surface area contributed by atoms with Crippen LogP contribution in [-0.4, -0.2) is 17.9 Å². The van der Waals surface area contributed by atoms with Gasteiger partial charge in [-0.15, -0.1) is 0 Å². The van der Waals surface area contributed by atoms with Crippen molar-refractivity contribution in [3.05, 3.63) is 23.8 Å². The van der Waals surface area contributed by atoms with Crippen LogP contribution in [0.25, 0.3) is 0 Å². The van der Waals surface area contributed by atoms with E-state index in [0.29, 0.717) is 23.5 Å². The molecule has 4 aliphatic carbocycles. The van der Waals surface area contributed by atoms with Crippen molar-refractivity contribution in [1.29, 1.82) is 0 Å². The van der Waals surface area contributed by atoms with Gasteiger partial charge in [0.25, 0.3) is 0 Å². The van der Waals surface area contributed by atoms with E-state index in [0.717, 1.165) is 32.1 Å². The van der Waals surface area contributed by atoms with Crippen molar-refractivity contribution >= 4 is 11.8 Å². The maximum atomic E-state index is 12.2. The quantitative estimate of drug-likeness (QED) is 0.524. The zero-order valence-electron chi connectivity index (χ0n) is 16.6. The summed E-state index contributed by atoms with van der Waals surface area (Å²) in [6.07, 6.45) is 13.6. The SMILES string of the molecule is CC(=O)OC1CC[C@@]2(C)C(=CCC3C4C=CC(C(C)=O)[C@@]4(C)CCC32)C1. The van der Waals surface area contributed by atoms with Gasteiger partial charge < -0.3 is 4.74 Å². The molecule has 3 heteroatoms. The summed E-state index contributed by atoms with van der Waals surface area (Å²) in [5, 5.41) is 0. The molecule has 0 aromatic heterocycles. The topological polar surface area (TPSA) is 43.4 Å². The van der Waals surface area contributed by atoms with Crippen molar-refractivity contribution in [3.8, 4) is 0 Å². The van der Waals surface area contributed by atoms with Gasteiger partial charge in [-0.2, -0.15) is 0 Å². The maximum absolute atomic E-state index is 12.2. The summed E-state index contributed by atoms with van der Waals surface area (Å²) in [4.78, 5) is 23.5. The van der Waals surface area contributed by atoms with Gasteiger partial charge in [-0.05, 0) is 67.6 Å². The first-order chi connectivity index (χ1) is 12.3. The highest BCUT2D eigenvalue weighted by Crippen LogP contribution is 2.64. The van der Waals surface area contributed by atoms with Gasteiger partial charge in [-0.3, -0.25) is 9.59 Å². The number of carbonyl (C=O) groups excluding carboxylic acids is 2. The normalized spacial score (nSPS) is 46.6. The van der Waals surface area contributed by atoms with Crippen molar-refractivity contribution in [1.82, 2.24) is 0 Å². The first kappa shape index (κ1) is 18.0. The van der Waals surface area contributed by atoms with Gasteiger partial charge in [0.05, 0.1) is 0 Å². The molecule has 0 aliphatic heterocycles. The largest absolute Gasteiger partial charge is 0.462 e. The van der Waals surface area contributed by atoms with Crippen molar-refractivity contribution in [2.45, 2.75) is 72.3 Å². The van der Waals surface area contributed by atoms with Crippen molar-refractivity contribution in [2.75, 3.05) is 0 Å². The highest BCUT2D eigenvalue weighted by molar-refractivity contribution is 5.81. The third-order valence-electron chi connectivity index (χ3n) is 8.35. The number of fused-ring (bicyclic) bond motifs is 5. The standard InChI is InChI=1S/C23H32O3/c1-14(24)19-7-8-20-18-6-5-16-13-17(26-15(2)25)9-11-22(16,3)21(18)10-12-23(19,20)4/h5,7-8,17-21H,6,9-13H2,1-4H3/t17?,18?,19?,20?,21?,22-,23+/m0/s1. The zero-order chi connectivity index (χ0) is 18.7. The lowest BCUT2D eigenvalue weighted by Crippen LogP contribution is -2.51. The van der Waals surface area contributed by atoms with Crippen LogP contribution in [0.2, 0.25) is 0 Å². The Hall–Kier alpha value is -1.38. The number of hydrogen-bond donors (Lipinski definition) is 0. The molecule has 0 amide bonds. The summed E-state index contributed by atoms with van der Waals surface area (Å²) in [6, 6.07) is 0. The number of ketones is 1. The van der Waals surface area contributed by atoms with Crippen LogP contribution in [0.15, 0.2) is 23.8 Å². The van der Waals surface area contributed by atoms with E-state index in [2.05, 4.69) is 32.1 Å². The van der Waals surface area contributed by atoms with Crippen LogP contribution < -0.4 is 0 Å². The van der Waals surface area contributed by atoms with Crippen molar-refractivity contribution in [3.63, 3.8) is 0 Å². The van der Waals surface area contributed by atoms with Crippen LogP contribution in [0.3, 0.4) is 0 Å². The smallest absolute Gasteiger partial charge is 0.302 e. The van der Waals surface area contributed by atoms with Crippen LogP contribution in [0, 0.1) is 34.5 Å². The number of rotatable bonds is 2. The first-order valence-electron chi connectivity index (χ1n) is 10.3. The Labute approximate surface area is 157 Å². The summed E-state index contributed by atoms with van der Waals surface area (Å²) in [5.41, 5.74) is 1.87. The van der Waals surface area contributed by atoms with Gasteiger partial charge in [-0.1, -0.05) is 37.6 Å². The molecule has 5 unspecified atom stereocenters. The molecule has 3 nitrogen and oxygen atoms in total. The number of carbonyl (C=O) groups is 2. The maximum Gasteiger partial charge on any atom is 0.302 e. The molecular weight excluding hydrogens is 324 g/mol. The molecule has 0 bridgehead atoms. The molecule has 4 aliphatic rings. The minimum absolute atomic E-state index is 0.0608. The lowest BCUT2D eigenvalue weighted by atomic mass is 9.47. The third-order valence-corrected chi connectivity index (χ3v) is 8.35. The monoisotopic (exact) mass is 356 g/mol. The van der Waals surface area contributed by atoms with Crippen LogP contribution in [0.4, 0.5) is 0 Å². The highest BCUT2D eigenvalue weighted by Gasteiger charge is 2.57. The van der Waals surface area contributed by atoms with Crippen molar-refractivity contribution in [2.24, 2.45) is 34.5 Å². The van der Waals surface area contributed by atoms with E-state index in [1.54, 1.807) is 6.92 Å². The Morgan fingerprint density at radius 1 is 1.12 bits per heavy atom. The van der Waals surface area contributed by atoms with E-state index in [4.69, 9.17) is 4.74 Å². The van der Waals surface area contributed by atoms with Crippen LogP contribution in [0.5, 0.6) is 0 Å². The van der Waals surface area contributed by atoms with E-state index >= 15 is 0 Å². The summed E-state index contributed by atoms with van der Waals surface area (Å²) < 4.78 is 5.52. The van der Waals surface area contributed by atoms with E-state index in [-0.39, 0.29) is 28.8 Å². The average molecular weight is 357 g/mol. The van der Waals surface area contributed by atoms with Crippen LogP contribution in [0.1, 0.15) is 66.2 Å². The Morgan fingerprint density at radius 3 is 2.58 bits per heavy atom. The Morgan fingerprint density at radius 2 is 1.88 bits per heavy atom. The van der Waals surface area contributed by atoms with Gasteiger partial charge in [-0.25, -0.2) is 0 Å². The fraction of sp³-hybridized carbons (Fsp3) is 0.739. The summed E-state index contributed by atoms with van der Waals surface area (Å²) in [5.74, 6) is 2.13.